The van der Waals surface area contributed by atoms with Gasteiger partial charge in [-0.05, 0) is 30.7 Å². The Kier molecular flexibility index (Phi) is 7.29. The highest BCUT2D eigenvalue weighted by Crippen LogP contribution is 2.29. The molecule has 26 heavy (non-hydrogen) atoms. The SMILES string of the molecule is CCOC(=O)C(Sc1ccccc1)N(/C=C/c1ccccc1)S(C)(=O)=O. The van der Waals surface area contributed by atoms with Crippen molar-refractivity contribution in [3.05, 3.63) is 72.4 Å². The van der Waals surface area contributed by atoms with E-state index in [0.29, 0.717) is 0 Å². The predicted octanol–water partition coefficient (Wildman–Crippen LogP) is 3.60. The fourth-order valence-corrected chi connectivity index (χ4v) is 4.36. The number of carbonyl (C=O) groups excluding carboxylic acids is 1. The first-order valence-corrected chi connectivity index (χ1v) is 10.7. The van der Waals surface area contributed by atoms with Gasteiger partial charge in [-0.2, -0.15) is 0 Å². The van der Waals surface area contributed by atoms with Gasteiger partial charge in [-0.3, -0.25) is 4.31 Å². The molecule has 0 amide bonds. The molecule has 0 N–H and O–H groups in total. The van der Waals surface area contributed by atoms with E-state index in [4.69, 9.17) is 4.74 Å². The summed E-state index contributed by atoms with van der Waals surface area (Å²) < 4.78 is 30.8. The fraction of sp³-hybridized carbons (Fsp3) is 0.211. The minimum atomic E-state index is -3.69. The smallest absolute Gasteiger partial charge is 0.340 e. The van der Waals surface area contributed by atoms with Crippen molar-refractivity contribution in [2.45, 2.75) is 17.2 Å². The number of sulfonamides is 1. The lowest BCUT2D eigenvalue weighted by Gasteiger charge is -2.26. The number of carbonyl (C=O) groups is 1. The summed E-state index contributed by atoms with van der Waals surface area (Å²) in [6.07, 6.45) is 4.13. The van der Waals surface area contributed by atoms with Crippen LogP contribution < -0.4 is 0 Å². The molecule has 2 aromatic carbocycles. The van der Waals surface area contributed by atoms with E-state index in [1.54, 1.807) is 13.0 Å². The van der Waals surface area contributed by atoms with Crippen LogP contribution in [-0.2, 0) is 19.6 Å². The van der Waals surface area contributed by atoms with Crippen LogP contribution in [-0.4, -0.2) is 36.9 Å². The summed E-state index contributed by atoms with van der Waals surface area (Å²) in [5, 5.41) is -1.05. The maximum absolute atomic E-state index is 12.5. The third-order valence-corrected chi connectivity index (χ3v) is 5.73. The van der Waals surface area contributed by atoms with Gasteiger partial charge in [-0.25, -0.2) is 13.2 Å². The molecule has 1 unspecified atom stereocenters. The van der Waals surface area contributed by atoms with Crippen LogP contribution >= 0.6 is 11.8 Å². The van der Waals surface area contributed by atoms with Gasteiger partial charge in [0.15, 0.2) is 5.37 Å². The molecule has 0 aliphatic carbocycles. The Morgan fingerprint density at radius 1 is 1.12 bits per heavy atom. The number of thioether (sulfide) groups is 1. The molecule has 0 bridgehead atoms. The van der Waals surface area contributed by atoms with Gasteiger partial charge in [0, 0.05) is 11.1 Å². The lowest BCUT2D eigenvalue weighted by molar-refractivity contribution is -0.144. The molecule has 7 heteroatoms. The van der Waals surface area contributed by atoms with Crippen LogP contribution in [0.25, 0.3) is 6.08 Å². The third kappa shape index (κ3) is 5.93. The zero-order valence-corrected chi connectivity index (χ0v) is 16.2. The van der Waals surface area contributed by atoms with Gasteiger partial charge in [0.2, 0.25) is 10.0 Å². The standard InChI is InChI=1S/C19H21NO4S2/c1-3-24-19(21)18(25-17-12-8-5-9-13-17)20(26(2,22)23)15-14-16-10-6-4-7-11-16/h4-15,18H,3H2,1-2H3/b15-14+. The summed E-state index contributed by atoms with van der Waals surface area (Å²) in [5.74, 6) is -0.607. The monoisotopic (exact) mass is 391 g/mol. The second-order valence-electron chi connectivity index (χ2n) is 5.35. The first kappa shape index (κ1) is 20.1. The minimum Gasteiger partial charge on any atom is -0.464 e. The van der Waals surface area contributed by atoms with Gasteiger partial charge in [0.05, 0.1) is 12.9 Å². The molecule has 138 valence electrons. The van der Waals surface area contributed by atoms with E-state index in [0.717, 1.165) is 32.8 Å². The van der Waals surface area contributed by atoms with E-state index in [1.165, 1.54) is 6.20 Å². The average Bonchev–Trinajstić information content (AvgIpc) is 2.62. The van der Waals surface area contributed by atoms with E-state index in [9.17, 15) is 13.2 Å². The average molecular weight is 392 g/mol. The molecule has 0 aromatic heterocycles. The first-order valence-electron chi connectivity index (χ1n) is 8.02. The lowest BCUT2D eigenvalue weighted by Crippen LogP contribution is -2.39. The maximum atomic E-state index is 12.5. The van der Waals surface area contributed by atoms with Crippen LogP contribution in [0.2, 0.25) is 0 Å². The lowest BCUT2D eigenvalue weighted by atomic mass is 10.2. The van der Waals surface area contributed by atoms with Crippen LogP contribution in [0.4, 0.5) is 0 Å². The van der Waals surface area contributed by atoms with E-state index in [-0.39, 0.29) is 6.61 Å². The zero-order chi connectivity index (χ0) is 19.0. The Labute approximate surface area is 158 Å². The zero-order valence-electron chi connectivity index (χ0n) is 14.6. The number of hydrogen-bond acceptors (Lipinski definition) is 5. The summed E-state index contributed by atoms with van der Waals surface area (Å²) in [6.45, 7) is 1.86. The molecule has 0 heterocycles. The Bertz CT molecular complexity index is 836. The second kappa shape index (κ2) is 9.45. The van der Waals surface area contributed by atoms with Crippen molar-refractivity contribution >= 4 is 33.8 Å². The van der Waals surface area contributed by atoms with Crippen LogP contribution in [0.15, 0.2) is 71.8 Å². The highest BCUT2D eigenvalue weighted by molar-refractivity contribution is 8.01. The van der Waals surface area contributed by atoms with E-state index < -0.39 is 21.4 Å². The molecule has 5 nitrogen and oxygen atoms in total. The quantitative estimate of drug-likeness (QED) is 0.391. The Balaban J connectivity index is 2.37. The minimum absolute atomic E-state index is 0.171. The van der Waals surface area contributed by atoms with Crippen molar-refractivity contribution in [3.8, 4) is 0 Å². The van der Waals surface area contributed by atoms with Crippen molar-refractivity contribution in [1.29, 1.82) is 0 Å². The maximum Gasteiger partial charge on any atom is 0.340 e. The number of rotatable bonds is 8. The van der Waals surface area contributed by atoms with Gasteiger partial charge >= 0.3 is 5.97 Å². The van der Waals surface area contributed by atoms with E-state index in [2.05, 4.69) is 0 Å². The number of ether oxygens (including phenoxy) is 1. The summed E-state index contributed by atoms with van der Waals surface area (Å²) in [6, 6.07) is 18.4. The molecule has 0 aliphatic heterocycles. The largest absolute Gasteiger partial charge is 0.464 e. The fourth-order valence-electron chi connectivity index (χ4n) is 2.13. The number of esters is 1. The second-order valence-corrected chi connectivity index (χ2v) is 8.40. The van der Waals surface area contributed by atoms with Gasteiger partial charge in [-0.15, -0.1) is 0 Å². The molecular formula is C19H21NO4S2. The topological polar surface area (TPSA) is 63.7 Å². The molecule has 1 atom stereocenters. The first-order chi connectivity index (χ1) is 12.4. The highest BCUT2D eigenvalue weighted by Gasteiger charge is 2.32. The molecular weight excluding hydrogens is 370 g/mol. The van der Waals surface area contributed by atoms with E-state index in [1.807, 2.05) is 60.7 Å². The van der Waals surface area contributed by atoms with E-state index >= 15 is 0 Å². The Morgan fingerprint density at radius 3 is 2.23 bits per heavy atom. The molecule has 0 saturated carbocycles. The summed E-state index contributed by atoms with van der Waals surface area (Å²) in [4.78, 5) is 13.2. The van der Waals surface area contributed by atoms with Gasteiger partial charge in [0.1, 0.15) is 0 Å². The number of hydrogen-bond donors (Lipinski definition) is 0. The van der Waals surface area contributed by atoms with Crippen molar-refractivity contribution in [1.82, 2.24) is 4.31 Å². The molecule has 0 spiro atoms. The molecule has 2 rings (SSSR count). The molecule has 2 aromatic rings. The number of nitrogens with zero attached hydrogens (tertiary/aromatic N) is 1. The molecule has 0 fully saturated rings. The third-order valence-electron chi connectivity index (χ3n) is 3.31. The van der Waals surface area contributed by atoms with Gasteiger partial charge in [0.25, 0.3) is 0 Å². The van der Waals surface area contributed by atoms with Crippen LogP contribution in [0.1, 0.15) is 12.5 Å². The highest BCUT2D eigenvalue weighted by atomic mass is 32.2. The van der Waals surface area contributed by atoms with Crippen molar-refractivity contribution in [3.63, 3.8) is 0 Å². The normalized spacial score (nSPS) is 12.7. The van der Waals surface area contributed by atoms with Crippen LogP contribution in [0.3, 0.4) is 0 Å². The molecule has 0 saturated heterocycles. The van der Waals surface area contributed by atoms with Crippen molar-refractivity contribution in [2.75, 3.05) is 12.9 Å². The number of benzene rings is 2. The van der Waals surface area contributed by atoms with Crippen LogP contribution in [0, 0.1) is 0 Å². The summed E-state index contributed by atoms with van der Waals surface area (Å²) >= 11 is 1.13. The molecule has 0 radical (unpaired) electrons. The Hall–Kier alpha value is -2.25. The van der Waals surface area contributed by atoms with Crippen molar-refractivity contribution in [2.24, 2.45) is 0 Å². The molecule has 0 aliphatic rings. The van der Waals surface area contributed by atoms with Crippen molar-refractivity contribution < 1.29 is 17.9 Å². The van der Waals surface area contributed by atoms with Crippen LogP contribution in [0.5, 0.6) is 0 Å². The van der Waals surface area contributed by atoms with Gasteiger partial charge in [-0.1, -0.05) is 60.3 Å². The predicted molar refractivity (Wildman–Crippen MR) is 105 cm³/mol. The summed E-state index contributed by atoms with van der Waals surface area (Å²) in [5.41, 5.74) is 0.827. The van der Waals surface area contributed by atoms with Gasteiger partial charge < -0.3 is 4.74 Å². The Morgan fingerprint density at radius 2 is 1.69 bits per heavy atom. The summed E-state index contributed by atoms with van der Waals surface area (Å²) in [7, 11) is -3.69.